The molecule has 3 heterocycles. The maximum Gasteiger partial charge on any atom is 0.269 e. The molecule has 33 heavy (non-hydrogen) atoms. The summed E-state index contributed by atoms with van der Waals surface area (Å²) in [4.78, 5) is 33.8. The van der Waals surface area contributed by atoms with Crippen LogP contribution in [0.2, 0.25) is 10.0 Å². The smallest absolute Gasteiger partial charge is 0.269 e. The van der Waals surface area contributed by atoms with Gasteiger partial charge in [0.1, 0.15) is 28.9 Å². The number of fused-ring (bicyclic) bond motifs is 2. The second kappa shape index (κ2) is 8.42. The number of anilines is 1. The molecular weight excluding hydrogens is 468 g/mol. The van der Waals surface area contributed by atoms with E-state index in [2.05, 4.69) is 30.2 Å². The summed E-state index contributed by atoms with van der Waals surface area (Å²) < 4.78 is 16.0. The van der Waals surface area contributed by atoms with Crippen LogP contribution in [0.4, 0.5) is 10.2 Å². The quantitative estimate of drug-likeness (QED) is 0.362. The van der Waals surface area contributed by atoms with E-state index in [1.165, 1.54) is 29.4 Å². The lowest BCUT2D eigenvalue weighted by Crippen LogP contribution is -2.29. The van der Waals surface area contributed by atoms with Crippen molar-refractivity contribution < 1.29 is 4.39 Å². The van der Waals surface area contributed by atoms with E-state index in [0.29, 0.717) is 34.9 Å². The van der Waals surface area contributed by atoms with E-state index >= 15 is 0 Å². The molecular formula is C22H16Cl2FN7O. The Kier molecular flexibility index (Phi) is 5.43. The van der Waals surface area contributed by atoms with Crippen LogP contribution in [0, 0.1) is 5.82 Å². The molecule has 0 saturated carbocycles. The number of hydrogen-bond acceptors (Lipinski definition) is 6. The second-order valence-electron chi connectivity index (χ2n) is 7.25. The van der Waals surface area contributed by atoms with Gasteiger partial charge in [-0.2, -0.15) is 0 Å². The Balaban J connectivity index is 1.78. The van der Waals surface area contributed by atoms with Gasteiger partial charge in [-0.25, -0.2) is 24.3 Å². The fourth-order valence-electron chi connectivity index (χ4n) is 3.73. The van der Waals surface area contributed by atoms with Crippen molar-refractivity contribution in [3.05, 3.63) is 81.1 Å². The highest BCUT2D eigenvalue weighted by atomic mass is 35.5. The SMILES string of the molecule is CC[C@H](Nc1ncnc2nc[nH]c12)c1nc2cccc(F)c2c(=O)n1-c1cccc(Cl)c1Cl. The van der Waals surface area contributed by atoms with Crippen molar-refractivity contribution in [1.82, 2.24) is 29.5 Å². The van der Waals surface area contributed by atoms with E-state index in [9.17, 15) is 9.18 Å². The number of halogens is 3. The monoisotopic (exact) mass is 483 g/mol. The minimum absolute atomic E-state index is 0.134. The predicted octanol–water partition coefficient (Wildman–Crippen LogP) is 5.06. The molecule has 8 nitrogen and oxygen atoms in total. The van der Waals surface area contributed by atoms with Crippen LogP contribution < -0.4 is 10.9 Å². The number of hydrogen-bond donors (Lipinski definition) is 2. The van der Waals surface area contributed by atoms with Gasteiger partial charge in [-0.3, -0.25) is 9.36 Å². The highest BCUT2D eigenvalue weighted by Crippen LogP contribution is 2.32. The molecule has 0 spiro atoms. The fourth-order valence-corrected chi connectivity index (χ4v) is 4.11. The van der Waals surface area contributed by atoms with Crippen molar-refractivity contribution in [2.24, 2.45) is 0 Å². The van der Waals surface area contributed by atoms with Gasteiger partial charge >= 0.3 is 0 Å². The number of benzene rings is 2. The minimum Gasteiger partial charge on any atom is -0.358 e. The molecule has 0 amide bonds. The summed E-state index contributed by atoms with van der Waals surface area (Å²) in [6, 6.07) is 8.74. The maximum absolute atomic E-state index is 14.7. The van der Waals surface area contributed by atoms with Crippen LogP contribution in [-0.4, -0.2) is 29.5 Å². The molecule has 166 valence electrons. The van der Waals surface area contributed by atoms with Crippen LogP contribution in [0.5, 0.6) is 0 Å². The minimum atomic E-state index is -0.667. The zero-order chi connectivity index (χ0) is 23.1. The zero-order valence-electron chi connectivity index (χ0n) is 17.2. The molecule has 0 saturated heterocycles. The molecule has 0 aliphatic rings. The maximum atomic E-state index is 14.7. The number of nitrogens with zero attached hydrogens (tertiary/aromatic N) is 5. The third-order valence-corrected chi connectivity index (χ3v) is 6.11. The van der Waals surface area contributed by atoms with E-state index in [4.69, 9.17) is 23.2 Å². The molecule has 2 N–H and O–H groups in total. The van der Waals surface area contributed by atoms with Gasteiger partial charge in [0.15, 0.2) is 11.5 Å². The molecule has 0 fully saturated rings. The molecule has 0 bridgehead atoms. The molecule has 5 rings (SSSR count). The normalized spacial score (nSPS) is 12.4. The first-order valence-electron chi connectivity index (χ1n) is 10.1. The lowest BCUT2D eigenvalue weighted by atomic mass is 10.1. The van der Waals surface area contributed by atoms with Crippen molar-refractivity contribution in [3.63, 3.8) is 0 Å². The molecule has 1 atom stereocenters. The van der Waals surface area contributed by atoms with Gasteiger partial charge in [-0.1, -0.05) is 42.3 Å². The highest BCUT2D eigenvalue weighted by molar-refractivity contribution is 6.43. The summed E-state index contributed by atoms with van der Waals surface area (Å²) >= 11 is 12.7. The van der Waals surface area contributed by atoms with Crippen LogP contribution in [-0.2, 0) is 0 Å². The Bertz CT molecular complexity index is 1570. The van der Waals surface area contributed by atoms with Gasteiger partial charge in [0.2, 0.25) is 0 Å². The van der Waals surface area contributed by atoms with Crippen molar-refractivity contribution in [2.75, 3.05) is 5.32 Å². The largest absolute Gasteiger partial charge is 0.358 e. The summed E-state index contributed by atoms with van der Waals surface area (Å²) in [7, 11) is 0. The third kappa shape index (κ3) is 3.59. The Morgan fingerprint density at radius 3 is 2.79 bits per heavy atom. The number of H-pyrrole nitrogens is 1. The zero-order valence-corrected chi connectivity index (χ0v) is 18.7. The summed E-state index contributed by atoms with van der Waals surface area (Å²) in [5, 5.41) is 3.60. The first-order chi connectivity index (χ1) is 16.0. The molecule has 11 heteroatoms. The lowest BCUT2D eigenvalue weighted by molar-refractivity contribution is 0.630. The number of imidazole rings is 1. The summed E-state index contributed by atoms with van der Waals surface area (Å²) in [5.41, 5.74) is 1.05. The summed E-state index contributed by atoms with van der Waals surface area (Å²) in [6.07, 6.45) is 3.43. The van der Waals surface area contributed by atoms with Gasteiger partial charge in [0, 0.05) is 0 Å². The first kappa shape index (κ1) is 21.3. The van der Waals surface area contributed by atoms with Gasteiger partial charge in [0.05, 0.1) is 33.6 Å². The number of aromatic nitrogens is 6. The molecule has 0 unspecified atom stereocenters. The van der Waals surface area contributed by atoms with Gasteiger partial charge in [-0.15, -0.1) is 0 Å². The van der Waals surface area contributed by atoms with E-state index in [1.54, 1.807) is 24.3 Å². The van der Waals surface area contributed by atoms with Crippen molar-refractivity contribution in [3.8, 4) is 5.69 Å². The number of rotatable bonds is 5. The molecule has 2 aromatic carbocycles. The Morgan fingerprint density at radius 2 is 1.97 bits per heavy atom. The summed E-state index contributed by atoms with van der Waals surface area (Å²) in [5.74, 6) is 0.150. The third-order valence-electron chi connectivity index (χ3n) is 5.30. The van der Waals surface area contributed by atoms with E-state index in [-0.39, 0.29) is 20.9 Å². The number of nitrogens with one attached hydrogen (secondary N) is 2. The average Bonchev–Trinajstić information content (AvgIpc) is 3.29. The molecule has 5 aromatic rings. The topological polar surface area (TPSA) is 101 Å². The van der Waals surface area contributed by atoms with E-state index in [1.807, 2.05) is 6.92 Å². The van der Waals surface area contributed by atoms with Crippen LogP contribution in [0.3, 0.4) is 0 Å². The first-order valence-corrected chi connectivity index (χ1v) is 10.8. The van der Waals surface area contributed by atoms with E-state index < -0.39 is 17.4 Å². The molecule has 0 aliphatic heterocycles. The summed E-state index contributed by atoms with van der Waals surface area (Å²) in [6.45, 7) is 1.93. The molecule has 0 aliphatic carbocycles. The standard InChI is InChI=1S/C22H16Cl2FN7O/c1-2-13(30-20-18-19(27-9-26-18)28-10-29-20)21-31-14-7-4-6-12(25)16(14)22(33)32(21)15-8-3-5-11(23)17(15)24/h3-10,13H,2H2,1H3,(H2,26,27,28,29,30)/t13-/m0/s1. The average molecular weight is 484 g/mol. The molecule has 3 aromatic heterocycles. The van der Waals surface area contributed by atoms with Gasteiger partial charge < -0.3 is 10.3 Å². The Morgan fingerprint density at radius 1 is 1.15 bits per heavy atom. The number of aromatic amines is 1. The van der Waals surface area contributed by atoms with Crippen molar-refractivity contribution >= 4 is 51.1 Å². The van der Waals surface area contributed by atoms with Crippen molar-refractivity contribution in [2.45, 2.75) is 19.4 Å². The van der Waals surface area contributed by atoms with Gasteiger partial charge in [0.25, 0.3) is 5.56 Å². The Hall–Kier alpha value is -3.56. The fraction of sp³-hybridized carbons (Fsp3) is 0.136. The Labute approximate surface area is 196 Å². The second-order valence-corrected chi connectivity index (χ2v) is 8.03. The lowest BCUT2D eigenvalue weighted by Gasteiger charge is -2.23. The van der Waals surface area contributed by atoms with Crippen LogP contribution in [0.1, 0.15) is 25.2 Å². The predicted molar refractivity (Wildman–Crippen MR) is 126 cm³/mol. The van der Waals surface area contributed by atoms with Crippen LogP contribution >= 0.6 is 23.2 Å². The van der Waals surface area contributed by atoms with Crippen LogP contribution in [0.15, 0.2) is 53.8 Å². The molecule has 0 radical (unpaired) electrons. The van der Waals surface area contributed by atoms with Gasteiger partial charge in [-0.05, 0) is 30.7 Å². The van der Waals surface area contributed by atoms with Crippen LogP contribution in [0.25, 0.3) is 27.8 Å². The van der Waals surface area contributed by atoms with E-state index in [0.717, 1.165) is 0 Å². The highest BCUT2D eigenvalue weighted by Gasteiger charge is 2.24. The van der Waals surface area contributed by atoms with Crippen molar-refractivity contribution in [1.29, 1.82) is 0 Å².